The Hall–Kier alpha value is -1.34. The molecule has 2 aromatic heterocycles. The van der Waals surface area contributed by atoms with Crippen molar-refractivity contribution >= 4 is 11.3 Å². The summed E-state index contributed by atoms with van der Waals surface area (Å²) >= 11 is 1.51. The molecule has 7 heteroatoms. The molecule has 0 radical (unpaired) electrons. The molecule has 0 aromatic carbocycles. The van der Waals surface area contributed by atoms with Gasteiger partial charge in [-0.2, -0.15) is 15.4 Å². The average Bonchev–Trinajstić information content (AvgIpc) is 2.70. The SMILES string of the molecule is CNCc1nnc(-c2cn[nH]n2)s1. The quantitative estimate of drug-likeness (QED) is 0.724. The van der Waals surface area contributed by atoms with E-state index in [4.69, 9.17) is 0 Å². The van der Waals surface area contributed by atoms with Crippen LogP contribution in [0.15, 0.2) is 6.20 Å². The van der Waals surface area contributed by atoms with Crippen LogP contribution in [0.25, 0.3) is 10.7 Å². The molecule has 0 spiro atoms. The van der Waals surface area contributed by atoms with Crippen LogP contribution in [0.4, 0.5) is 0 Å². The number of hydrogen-bond donors (Lipinski definition) is 2. The zero-order valence-corrected chi connectivity index (χ0v) is 7.80. The number of aromatic nitrogens is 5. The van der Waals surface area contributed by atoms with E-state index >= 15 is 0 Å². The molecule has 0 aliphatic carbocycles. The summed E-state index contributed by atoms with van der Waals surface area (Å²) in [5.74, 6) is 0. The second-order valence-electron chi connectivity index (χ2n) is 2.39. The Bertz CT molecular complexity index is 366. The van der Waals surface area contributed by atoms with Gasteiger partial charge in [-0.15, -0.1) is 10.2 Å². The predicted octanol–water partition coefficient (Wildman–Crippen LogP) is 0.0426. The fourth-order valence-corrected chi connectivity index (χ4v) is 1.69. The Morgan fingerprint density at radius 3 is 3.15 bits per heavy atom. The fraction of sp³-hybridized carbons (Fsp3) is 0.333. The van der Waals surface area contributed by atoms with Crippen molar-refractivity contribution in [2.24, 2.45) is 0 Å². The molecule has 2 rings (SSSR count). The summed E-state index contributed by atoms with van der Waals surface area (Å²) in [6.45, 7) is 0.732. The van der Waals surface area contributed by atoms with Crippen molar-refractivity contribution in [1.29, 1.82) is 0 Å². The van der Waals surface area contributed by atoms with Gasteiger partial charge in [-0.05, 0) is 7.05 Å². The molecule has 0 aliphatic heterocycles. The Kier molecular flexibility index (Phi) is 2.28. The maximum atomic E-state index is 3.99. The van der Waals surface area contributed by atoms with Crippen molar-refractivity contribution in [1.82, 2.24) is 30.9 Å². The molecule has 0 bridgehead atoms. The maximum absolute atomic E-state index is 3.99. The summed E-state index contributed by atoms with van der Waals surface area (Å²) in [5, 5.41) is 22.9. The highest BCUT2D eigenvalue weighted by molar-refractivity contribution is 7.14. The van der Waals surface area contributed by atoms with E-state index in [0.29, 0.717) is 0 Å². The zero-order valence-electron chi connectivity index (χ0n) is 6.98. The molecule has 0 unspecified atom stereocenters. The van der Waals surface area contributed by atoms with Crippen LogP contribution in [0, 0.1) is 0 Å². The van der Waals surface area contributed by atoms with E-state index in [2.05, 4.69) is 30.9 Å². The molecule has 2 N–H and O–H groups in total. The molecule has 13 heavy (non-hydrogen) atoms. The van der Waals surface area contributed by atoms with Crippen molar-refractivity contribution < 1.29 is 0 Å². The maximum Gasteiger partial charge on any atom is 0.169 e. The van der Waals surface area contributed by atoms with Crippen LogP contribution in [-0.4, -0.2) is 32.7 Å². The van der Waals surface area contributed by atoms with Crippen LogP contribution in [0.1, 0.15) is 5.01 Å². The van der Waals surface area contributed by atoms with Gasteiger partial charge < -0.3 is 5.32 Å². The highest BCUT2D eigenvalue weighted by Crippen LogP contribution is 2.19. The van der Waals surface area contributed by atoms with Crippen molar-refractivity contribution in [2.75, 3.05) is 7.05 Å². The summed E-state index contributed by atoms with van der Waals surface area (Å²) in [6, 6.07) is 0. The van der Waals surface area contributed by atoms with E-state index in [0.717, 1.165) is 22.3 Å². The second-order valence-corrected chi connectivity index (χ2v) is 3.45. The lowest BCUT2D eigenvalue weighted by Crippen LogP contribution is -2.04. The third-order valence-electron chi connectivity index (χ3n) is 1.43. The minimum absolute atomic E-state index is 0.732. The van der Waals surface area contributed by atoms with Crippen LogP contribution < -0.4 is 5.32 Å². The minimum Gasteiger partial charge on any atom is -0.313 e. The fourth-order valence-electron chi connectivity index (χ4n) is 0.884. The van der Waals surface area contributed by atoms with E-state index in [9.17, 15) is 0 Å². The van der Waals surface area contributed by atoms with E-state index in [1.165, 1.54) is 11.3 Å². The average molecular weight is 196 g/mol. The first-order chi connectivity index (χ1) is 6.40. The number of aromatic amines is 1. The first kappa shape index (κ1) is 8.27. The van der Waals surface area contributed by atoms with Crippen LogP contribution in [0.3, 0.4) is 0 Å². The van der Waals surface area contributed by atoms with Gasteiger partial charge in [-0.1, -0.05) is 11.3 Å². The molecular formula is C6H8N6S. The second kappa shape index (κ2) is 3.58. The molecule has 0 saturated heterocycles. The lowest BCUT2D eigenvalue weighted by atomic mass is 10.5. The van der Waals surface area contributed by atoms with Crippen LogP contribution in [0.2, 0.25) is 0 Å². The number of rotatable bonds is 3. The lowest BCUT2D eigenvalue weighted by Gasteiger charge is -1.87. The van der Waals surface area contributed by atoms with E-state index in [1.54, 1.807) is 6.20 Å². The summed E-state index contributed by atoms with van der Waals surface area (Å²) in [7, 11) is 1.87. The van der Waals surface area contributed by atoms with Gasteiger partial charge in [0.25, 0.3) is 0 Å². The van der Waals surface area contributed by atoms with Gasteiger partial charge >= 0.3 is 0 Å². The summed E-state index contributed by atoms with van der Waals surface area (Å²) in [5.41, 5.74) is 0.736. The van der Waals surface area contributed by atoms with Crippen LogP contribution in [-0.2, 0) is 6.54 Å². The summed E-state index contributed by atoms with van der Waals surface area (Å²) in [4.78, 5) is 0. The molecule has 6 nitrogen and oxygen atoms in total. The van der Waals surface area contributed by atoms with Crippen LogP contribution >= 0.6 is 11.3 Å². The molecular weight excluding hydrogens is 188 g/mol. The zero-order chi connectivity index (χ0) is 9.10. The molecule has 0 atom stereocenters. The standard InChI is InChI=1S/C6H8N6S/c1-7-3-5-10-11-6(13-5)4-2-8-12-9-4/h2,7H,3H2,1H3,(H,8,9,12). The molecule has 0 saturated carbocycles. The Balaban J connectivity index is 2.23. The third kappa shape index (κ3) is 1.70. The Morgan fingerprint density at radius 1 is 1.54 bits per heavy atom. The number of hydrogen-bond acceptors (Lipinski definition) is 6. The molecule has 2 aromatic rings. The van der Waals surface area contributed by atoms with Crippen molar-refractivity contribution in [3.8, 4) is 10.7 Å². The molecule has 68 valence electrons. The first-order valence-electron chi connectivity index (χ1n) is 3.73. The van der Waals surface area contributed by atoms with Crippen molar-refractivity contribution in [3.05, 3.63) is 11.2 Å². The Labute approximate surface area is 78.4 Å². The van der Waals surface area contributed by atoms with Crippen LogP contribution in [0.5, 0.6) is 0 Å². The number of H-pyrrole nitrogens is 1. The molecule has 0 fully saturated rings. The number of nitrogens with one attached hydrogen (secondary N) is 2. The Morgan fingerprint density at radius 2 is 2.46 bits per heavy atom. The van der Waals surface area contributed by atoms with Gasteiger partial charge in [0.1, 0.15) is 10.7 Å². The van der Waals surface area contributed by atoms with E-state index in [-0.39, 0.29) is 0 Å². The van der Waals surface area contributed by atoms with Gasteiger partial charge in [0.05, 0.1) is 6.20 Å². The predicted molar refractivity (Wildman–Crippen MR) is 48.0 cm³/mol. The van der Waals surface area contributed by atoms with Gasteiger partial charge in [-0.25, -0.2) is 0 Å². The first-order valence-corrected chi connectivity index (χ1v) is 4.55. The highest BCUT2D eigenvalue weighted by atomic mass is 32.1. The van der Waals surface area contributed by atoms with Gasteiger partial charge in [0.2, 0.25) is 0 Å². The van der Waals surface area contributed by atoms with Gasteiger partial charge in [-0.3, -0.25) is 0 Å². The minimum atomic E-state index is 0.732. The molecule has 0 aliphatic rings. The van der Waals surface area contributed by atoms with E-state index in [1.807, 2.05) is 7.05 Å². The summed E-state index contributed by atoms with van der Waals surface area (Å²) < 4.78 is 0. The number of nitrogens with zero attached hydrogens (tertiary/aromatic N) is 4. The molecule has 2 heterocycles. The monoisotopic (exact) mass is 196 g/mol. The van der Waals surface area contributed by atoms with Crippen molar-refractivity contribution in [3.63, 3.8) is 0 Å². The highest BCUT2D eigenvalue weighted by Gasteiger charge is 2.07. The summed E-state index contributed by atoms with van der Waals surface area (Å²) in [6.07, 6.45) is 1.63. The van der Waals surface area contributed by atoms with E-state index < -0.39 is 0 Å². The lowest BCUT2D eigenvalue weighted by molar-refractivity contribution is 0.794. The van der Waals surface area contributed by atoms with Gasteiger partial charge in [0, 0.05) is 6.54 Å². The van der Waals surface area contributed by atoms with Crippen molar-refractivity contribution in [2.45, 2.75) is 6.54 Å². The smallest absolute Gasteiger partial charge is 0.169 e. The largest absolute Gasteiger partial charge is 0.313 e. The third-order valence-corrected chi connectivity index (χ3v) is 2.37. The topological polar surface area (TPSA) is 79.4 Å². The van der Waals surface area contributed by atoms with Gasteiger partial charge in [0.15, 0.2) is 5.01 Å². The molecule has 0 amide bonds. The normalized spacial score (nSPS) is 10.5.